The summed E-state index contributed by atoms with van der Waals surface area (Å²) in [6.45, 7) is 3.73. The minimum atomic E-state index is -0.928. The molecule has 8 heteroatoms. The molecule has 8 nitrogen and oxygen atoms in total. The number of hydrogen-bond acceptors (Lipinski definition) is 6. The van der Waals surface area contributed by atoms with Gasteiger partial charge in [-0.1, -0.05) is 13.8 Å². The van der Waals surface area contributed by atoms with Crippen LogP contribution >= 0.6 is 0 Å². The smallest absolute Gasteiger partial charge is 0.305 e. The summed E-state index contributed by atoms with van der Waals surface area (Å²) in [4.78, 5) is 28.0. The lowest BCUT2D eigenvalue weighted by molar-refractivity contribution is -0.385. The molecular weight excluding hydrogens is 240 g/mol. The van der Waals surface area contributed by atoms with E-state index in [1.165, 1.54) is 0 Å². The molecule has 0 radical (unpaired) electrons. The Morgan fingerprint density at radius 2 is 2.06 bits per heavy atom. The molecule has 0 saturated heterocycles. The third-order valence-electron chi connectivity index (χ3n) is 2.36. The first-order valence-electron chi connectivity index (χ1n) is 5.35. The molecule has 0 amide bonds. The van der Waals surface area contributed by atoms with Gasteiger partial charge in [0.15, 0.2) is 0 Å². The zero-order chi connectivity index (χ0) is 13.7. The van der Waals surface area contributed by atoms with Gasteiger partial charge in [-0.3, -0.25) is 14.9 Å². The molecule has 0 fully saturated rings. The van der Waals surface area contributed by atoms with Gasteiger partial charge in [0, 0.05) is 6.04 Å². The Morgan fingerprint density at radius 1 is 1.50 bits per heavy atom. The van der Waals surface area contributed by atoms with Crippen molar-refractivity contribution in [1.29, 1.82) is 0 Å². The van der Waals surface area contributed by atoms with Crippen molar-refractivity contribution >= 4 is 17.6 Å². The number of carboxylic acid groups (broad SMARTS) is 1. The standard InChI is InChI=1S/C10H14N4O4/c1-6(2)8(3-9(15)16)13-10-11-4-7(5-12-10)14(17)18/h4-6,8H,3H2,1-2H3,(H,15,16)(H,11,12,13). The van der Waals surface area contributed by atoms with Crippen LogP contribution in [-0.2, 0) is 4.79 Å². The molecule has 0 aliphatic rings. The summed E-state index contributed by atoms with van der Waals surface area (Å²) < 4.78 is 0. The third kappa shape index (κ3) is 3.96. The van der Waals surface area contributed by atoms with Crippen molar-refractivity contribution in [3.05, 3.63) is 22.5 Å². The van der Waals surface area contributed by atoms with Gasteiger partial charge in [0.2, 0.25) is 5.95 Å². The minimum absolute atomic E-state index is 0.0693. The number of carboxylic acids is 1. The lowest BCUT2D eigenvalue weighted by Gasteiger charge is -2.20. The zero-order valence-electron chi connectivity index (χ0n) is 10.0. The Kier molecular flexibility index (Phi) is 4.52. The molecular formula is C10H14N4O4. The van der Waals surface area contributed by atoms with Crippen LogP contribution in [0.2, 0.25) is 0 Å². The van der Waals surface area contributed by atoms with Crippen molar-refractivity contribution in [3.8, 4) is 0 Å². The Bertz CT molecular complexity index is 432. The van der Waals surface area contributed by atoms with Crippen LogP contribution in [0.4, 0.5) is 11.6 Å². The largest absolute Gasteiger partial charge is 0.481 e. The molecule has 0 spiro atoms. The third-order valence-corrected chi connectivity index (χ3v) is 2.36. The molecule has 1 rings (SSSR count). The number of carbonyl (C=O) groups is 1. The number of rotatable bonds is 6. The molecule has 1 aromatic heterocycles. The molecule has 18 heavy (non-hydrogen) atoms. The predicted molar refractivity (Wildman–Crippen MR) is 63.2 cm³/mol. The number of hydrogen-bond donors (Lipinski definition) is 2. The molecule has 0 aromatic carbocycles. The highest BCUT2D eigenvalue weighted by Crippen LogP contribution is 2.13. The molecule has 98 valence electrons. The fraction of sp³-hybridized carbons (Fsp3) is 0.500. The van der Waals surface area contributed by atoms with Gasteiger partial charge in [0.1, 0.15) is 12.4 Å². The highest BCUT2D eigenvalue weighted by molar-refractivity contribution is 5.68. The average molecular weight is 254 g/mol. The lowest BCUT2D eigenvalue weighted by atomic mass is 10.0. The van der Waals surface area contributed by atoms with Crippen LogP contribution in [0, 0.1) is 16.0 Å². The number of aromatic nitrogens is 2. The molecule has 0 aliphatic carbocycles. The van der Waals surface area contributed by atoms with E-state index in [-0.39, 0.29) is 30.0 Å². The second-order valence-electron chi connectivity index (χ2n) is 4.11. The Balaban J connectivity index is 2.74. The molecule has 1 heterocycles. The van der Waals surface area contributed by atoms with E-state index in [1.807, 2.05) is 13.8 Å². The number of anilines is 1. The van der Waals surface area contributed by atoms with Gasteiger partial charge in [-0.25, -0.2) is 9.97 Å². The molecule has 0 saturated carbocycles. The van der Waals surface area contributed by atoms with Gasteiger partial charge in [-0.2, -0.15) is 0 Å². The van der Waals surface area contributed by atoms with Gasteiger partial charge >= 0.3 is 11.7 Å². The van der Waals surface area contributed by atoms with Crippen molar-refractivity contribution in [2.45, 2.75) is 26.3 Å². The maximum atomic E-state index is 10.7. The molecule has 1 unspecified atom stereocenters. The van der Waals surface area contributed by atoms with Gasteiger partial charge in [-0.15, -0.1) is 0 Å². The maximum absolute atomic E-state index is 10.7. The van der Waals surface area contributed by atoms with Crippen molar-refractivity contribution < 1.29 is 14.8 Å². The summed E-state index contributed by atoms with van der Waals surface area (Å²) in [6, 6.07) is -0.330. The molecule has 1 atom stereocenters. The van der Waals surface area contributed by atoms with Gasteiger partial charge in [0.05, 0.1) is 11.3 Å². The Labute approximate surface area is 103 Å². The van der Waals surface area contributed by atoms with Crippen molar-refractivity contribution in [1.82, 2.24) is 9.97 Å². The highest BCUT2D eigenvalue weighted by atomic mass is 16.6. The molecule has 1 aromatic rings. The van der Waals surface area contributed by atoms with E-state index in [4.69, 9.17) is 5.11 Å². The van der Waals surface area contributed by atoms with Gasteiger partial charge < -0.3 is 10.4 Å². The fourth-order valence-corrected chi connectivity index (χ4v) is 1.30. The van der Waals surface area contributed by atoms with Crippen molar-refractivity contribution in [2.24, 2.45) is 5.92 Å². The van der Waals surface area contributed by atoms with Crippen LogP contribution in [0.3, 0.4) is 0 Å². The summed E-state index contributed by atoms with van der Waals surface area (Å²) in [5.41, 5.74) is -0.208. The van der Waals surface area contributed by atoms with Crippen LogP contribution in [0.25, 0.3) is 0 Å². The van der Waals surface area contributed by atoms with E-state index in [9.17, 15) is 14.9 Å². The predicted octanol–water partition coefficient (Wildman–Crippen LogP) is 1.30. The van der Waals surface area contributed by atoms with Crippen LogP contribution < -0.4 is 5.32 Å². The number of nitro groups is 1. The van der Waals surface area contributed by atoms with Crippen LogP contribution in [-0.4, -0.2) is 32.0 Å². The second-order valence-corrected chi connectivity index (χ2v) is 4.11. The van der Waals surface area contributed by atoms with E-state index in [0.29, 0.717) is 0 Å². The van der Waals surface area contributed by atoms with E-state index in [0.717, 1.165) is 12.4 Å². The van der Waals surface area contributed by atoms with Crippen LogP contribution in [0.1, 0.15) is 20.3 Å². The Morgan fingerprint density at radius 3 is 2.44 bits per heavy atom. The van der Waals surface area contributed by atoms with Crippen molar-refractivity contribution in [2.75, 3.05) is 5.32 Å². The summed E-state index contributed by atoms with van der Waals surface area (Å²) >= 11 is 0. The topological polar surface area (TPSA) is 118 Å². The number of nitrogens with zero attached hydrogens (tertiary/aromatic N) is 3. The quantitative estimate of drug-likeness (QED) is 0.580. The SMILES string of the molecule is CC(C)C(CC(=O)O)Nc1ncc([N+](=O)[O-])cn1. The van der Waals surface area contributed by atoms with Gasteiger partial charge in [0.25, 0.3) is 0 Å². The minimum Gasteiger partial charge on any atom is -0.481 e. The lowest BCUT2D eigenvalue weighted by Crippen LogP contribution is -2.29. The van der Waals surface area contributed by atoms with Crippen LogP contribution in [0.5, 0.6) is 0 Å². The summed E-state index contributed by atoms with van der Waals surface area (Å²) in [5, 5.41) is 22.0. The number of nitrogens with one attached hydrogen (secondary N) is 1. The van der Waals surface area contributed by atoms with Gasteiger partial charge in [-0.05, 0) is 5.92 Å². The first kappa shape index (κ1) is 13.8. The summed E-state index contributed by atoms with van der Waals surface area (Å²) in [5.74, 6) is -0.677. The normalized spacial score (nSPS) is 12.2. The molecule has 0 aliphatic heterocycles. The molecule has 0 bridgehead atoms. The van der Waals surface area contributed by atoms with E-state index in [1.54, 1.807) is 0 Å². The van der Waals surface area contributed by atoms with Crippen molar-refractivity contribution in [3.63, 3.8) is 0 Å². The van der Waals surface area contributed by atoms with E-state index < -0.39 is 10.9 Å². The fourth-order valence-electron chi connectivity index (χ4n) is 1.30. The van der Waals surface area contributed by atoms with E-state index >= 15 is 0 Å². The van der Waals surface area contributed by atoms with E-state index in [2.05, 4.69) is 15.3 Å². The average Bonchev–Trinajstić information content (AvgIpc) is 2.28. The zero-order valence-corrected chi connectivity index (χ0v) is 10.0. The summed E-state index contributed by atoms with van der Waals surface area (Å²) in [7, 11) is 0. The molecule has 2 N–H and O–H groups in total. The highest BCUT2D eigenvalue weighted by Gasteiger charge is 2.18. The monoisotopic (exact) mass is 254 g/mol. The number of aliphatic carboxylic acids is 1. The first-order chi connectivity index (χ1) is 8.40. The second kappa shape index (κ2) is 5.89. The Hall–Kier alpha value is -2.25. The maximum Gasteiger partial charge on any atom is 0.305 e. The first-order valence-corrected chi connectivity index (χ1v) is 5.35. The summed E-state index contributed by atoms with van der Waals surface area (Å²) in [6.07, 6.45) is 2.08. The van der Waals surface area contributed by atoms with Crippen LogP contribution in [0.15, 0.2) is 12.4 Å².